The largest absolute Gasteiger partial charge is 0.378 e. The van der Waals surface area contributed by atoms with Crippen LogP contribution in [-0.4, -0.2) is 36.6 Å². The summed E-state index contributed by atoms with van der Waals surface area (Å²) in [5.41, 5.74) is 1.32. The van der Waals surface area contributed by atoms with Crippen molar-refractivity contribution < 1.29 is 9.53 Å². The molecule has 1 aromatic rings. The van der Waals surface area contributed by atoms with Gasteiger partial charge in [0.25, 0.3) is 0 Å². The molecule has 2 aliphatic rings. The monoisotopic (exact) mass is 301 g/mol. The predicted molar refractivity (Wildman–Crippen MR) is 87.7 cm³/mol. The second-order valence-corrected chi connectivity index (χ2v) is 7.11. The summed E-state index contributed by atoms with van der Waals surface area (Å²) in [5, 5.41) is 0. The van der Waals surface area contributed by atoms with Crippen LogP contribution >= 0.6 is 0 Å². The number of ether oxygens (including phenoxy) is 1. The minimum absolute atomic E-state index is 0.218. The number of carbonyl (C=O) groups is 1. The lowest BCUT2D eigenvalue weighted by Gasteiger charge is -2.32. The lowest BCUT2D eigenvalue weighted by atomic mass is 10.1. The summed E-state index contributed by atoms with van der Waals surface area (Å²) < 4.78 is 5.90. The number of rotatable bonds is 5. The van der Waals surface area contributed by atoms with Crippen molar-refractivity contribution in [1.29, 1.82) is 0 Å². The smallest absolute Gasteiger partial charge is 0.226 e. The zero-order chi connectivity index (χ0) is 15.5. The van der Waals surface area contributed by atoms with Gasteiger partial charge in [-0.15, -0.1) is 0 Å². The van der Waals surface area contributed by atoms with Crippen molar-refractivity contribution in [2.75, 3.05) is 19.7 Å². The van der Waals surface area contributed by atoms with Crippen LogP contribution in [0.5, 0.6) is 0 Å². The maximum atomic E-state index is 12.6. The van der Waals surface area contributed by atoms with Crippen molar-refractivity contribution in [3.05, 3.63) is 35.9 Å². The van der Waals surface area contributed by atoms with Gasteiger partial charge in [0.1, 0.15) is 0 Å². The van der Waals surface area contributed by atoms with Crippen molar-refractivity contribution in [1.82, 2.24) is 4.90 Å². The van der Waals surface area contributed by atoms with E-state index in [1.807, 2.05) is 6.07 Å². The van der Waals surface area contributed by atoms with Crippen molar-refractivity contribution in [3.8, 4) is 0 Å². The molecule has 0 spiro atoms. The van der Waals surface area contributed by atoms with Gasteiger partial charge in [-0.3, -0.25) is 4.79 Å². The van der Waals surface area contributed by atoms with Crippen LogP contribution in [0.3, 0.4) is 0 Å². The Labute approximate surface area is 133 Å². The Balaban J connectivity index is 1.45. The van der Waals surface area contributed by atoms with Gasteiger partial charge in [0.2, 0.25) is 5.91 Å². The highest BCUT2D eigenvalue weighted by Crippen LogP contribution is 2.48. The lowest BCUT2D eigenvalue weighted by molar-refractivity contribution is -0.135. The number of hydrogen-bond acceptors (Lipinski definition) is 2. The number of benzene rings is 1. The molecule has 120 valence electrons. The molecule has 0 bridgehead atoms. The maximum Gasteiger partial charge on any atom is 0.226 e. The van der Waals surface area contributed by atoms with Crippen LogP contribution in [0.25, 0.3) is 0 Å². The van der Waals surface area contributed by atoms with Crippen LogP contribution in [0.15, 0.2) is 30.3 Å². The molecular weight excluding hydrogens is 274 g/mol. The molecule has 0 aromatic heterocycles. The highest BCUT2D eigenvalue weighted by molar-refractivity contribution is 5.83. The third kappa shape index (κ3) is 3.70. The van der Waals surface area contributed by atoms with Crippen LogP contribution < -0.4 is 0 Å². The first-order valence-corrected chi connectivity index (χ1v) is 8.60. The summed E-state index contributed by atoms with van der Waals surface area (Å²) in [7, 11) is 0. The fourth-order valence-electron chi connectivity index (χ4n) is 3.34. The molecule has 0 radical (unpaired) electrons. The minimum atomic E-state index is 0.218. The Morgan fingerprint density at radius 2 is 1.91 bits per heavy atom. The van der Waals surface area contributed by atoms with Crippen LogP contribution in [0.2, 0.25) is 0 Å². The van der Waals surface area contributed by atoms with E-state index in [1.54, 1.807) is 0 Å². The Morgan fingerprint density at radius 1 is 1.23 bits per heavy atom. The SMILES string of the molecule is CC(C)COC1CCN(C(=O)[C@H]2C[C@H]2c2ccccc2)CC1. The van der Waals surface area contributed by atoms with Gasteiger partial charge in [0, 0.05) is 25.6 Å². The second kappa shape index (κ2) is 6.82. The molecule has 3 rings (SSSR count). The molecule has 1 aromatic carbocycles. The fourth-order valence-corrected chi connectivity index (χ4v) is 3.34. The van der Waals surface area contributed by atoms with Crippen LogP contribution in [0, 0.1) is 11.8 Å². The zero-order valence-corrected chi connectivity index (χ0v) is 13.7. The Bertz CT molecular complexity index is 491. The van der Waals surface area contributed by atoms with E-state index in [0.717, 1.165) is 39.0 Å². The van der Waals surface area contributed by atoms with E-state index in [9.17, 15) is 4.79 Å². The highest BCUT2D eigenvalue weighted by Gasteiger charge is 2.46. The van der Waals surface area contributed by atoms with Gasteiger partial charge in [-0.1, -0.05) is 44.2 Å². The molecule has 1 aliphatic carbocycles. The summed E-state index contributed by atoms with van der Waals surface area (Å²) in [6.07, 6.45) is 3.34. The molecule has 2 atom stereocenters. The fraction of sp³-hybridized carbons (Fsp3) is 0.632. The zero-order valence-electron chi connectivity index (χ0n) is 13.7. The molecule has 1 heterocycles. The van der Waals surface area contributed by atoms with E-state index in [0.29, 0.717) is 23.8 Å². The summed E-state index contributed by atoms with van der Waals surface area (Å²) in [6, 6.07) is 10.4. The van der Waals surface area contributed by atoms with Gasteiger partial charge < -0.3 is 9.64 Å². The van der Waals surface area contributed by atoms with E-state index in [2.05, 4.69) is 43.0 Å². The average molecular weight is 301 g/mol. The first-order valence-electron chi connectivity index (χ1n) is 8.60. The molecule has 3 nitrogen and oxygen atoms in total. The summed E-state index contributed by atoms with van der Waals surface area (Å²) in [5.74, 6) is 1.60. The number of nitrogens with zero attached hydrogens (tertiary/aromatic N) is 1. The molecular formula is C19H27NO2. The van der Waals surface area contributed by atoms with Crippen LogP contribution in [0.4, 0.5) is 0 Å². The summed E-state index contributed by atoms with van der Waals surface area (Å²) in [4.78, 5) is 14.7. The summed E-state index contributed by atoms with van der Waals surface area (Å²) in [6.45, 7) is 6.90. The molecule has 1 saturated carbocycles. The topological polar surface area (TPSA) is 29.5 Å². The quantitative estimate of drug-likeness (QED) is 0.833. The first-order chi connectivity index (χ1) is 10.6. The second-order valence-electron chi connectivity index (χ2n) is 7.11. The van der Waals surface area contributed by atoms with Gasteiger partial charge in [0.15, 0.2) is 0 Å². The van der Waals surface area contributed by atoms with Gasteiger partial charge in [0.05, 0.1) is 6.10 Å². The molecule has 1 aliphatic heterocycles. The summed E-state index contributed by atoms with van der Waals surface area (Å²) >= 11 is 0. The number of carbonyl (C=O) groups excluding carboxylic acids is 1. The average Bonchev–Trinajstić information content (AvgIpc) is 3.34. The first kappa shape index (κ1) is 15.5. The standard InChI is InChI=1S/C19H27NO2/c1-14(2)13-22-16-8-10-20(11-9-16)19(21)18-12-17(18)15-6-4-3-5-7-15/h3-7,14,16-18H,8-13H2,1-2H3/t17-,18-/m0/s1. The van der Waals surface area contributed by atoms with Crippen LogP contribution in [-0.2, 0) is 9.53 Å². The molecule has 2 fully saturated rings. The molecule has 0 unspecified atom stereocenters. The Morgan fingerprint density at radius 3 is 2.55 bits per heavy atom. The molecule has 1 saturated heterocycles. The van der Waals surface area contributed by atoms with E-state index >= 15 is 0 Å². The van der Waals surface area contributed by atoms with E-state index in [-0.39, 0.29) is 5.92 Å². The van der Waals surface area contributed by atoms with Gasteiger partial charge in [-0.2, -0.15) is 0 Å². The van der Waals surface area contributed by atoms with E-state index < -0.39 is 0 Å². The normalized spacial score (nSPS) is 25.5. The molecule has 3 heteroatoms. The van der Waals surface area contributed by atoms with Crippen molar-refractivity contribution in [2.45, 2.75) is 45.1 Å². The van der Waals surface area contributed by atoms with Gasteiger partial charge in [-0.05, 0) is 36.7 Å². The van der Waals surface area contributed by atoms with Gasteiger partial charge in [-0.25, -0.2) is 0 Å². The Hall–Kier alpha value is -1.35. The van der Waals surface area contributed by atoms with Gasteiger partial charge >= 0.3 is 0 Å². The Kier molecular flexibility index (Phi) is 4.82. The minimum Gasteiger partial charge on any atom is -0.378 e. The highest BCUT2D eigenvalue weighted by atomic mass is 16.5. The van der Waals surface area contributed by atoms with E-state index in [4.69, 9.17) is 4.74 Å². The predicted octanol–water partition coefficient (Wildman–Crippen LogP) is 3.45. The van der Waals surface area contributed by atoms with E-state index in [1.165, 1.54) is 5.56 Å². The number of hydrogen-bond donors (Lipinski definition) is 0. The third-order valence-electron chi connectivity index (χ3n) is 4.75. The van der Waals surface area contributed by atoms with Crippen molar-refractivity contribution >= 4 is 5.91 Å². The molecule has 0 N–H and O–H groups in total. The molecule has 1 amide bonds. The van der Waals surface area contributed by atoms with Crippen molar-refractivity contribution in [3.63, 3.8) is 0 Å². The maximum absolute atomic E-state index is 12.6. The lowest BCUT2D eigenvalue weighted by Crippen LogP contribution is -2.42. The van der Waals surface area contributed by atoms with Crippen LogP contribution in [0.1, 0.15) is 44.6 Å². The number of likely N-dealkylation sites (tertiary alicyclic amines) is 1. The van der Waals surface area contributed by atoms with Crippen molar-refractivity contribution in [2.24, 2.45) is 11.8 Å². The third-order valence-corrected chi connectivity index (χ3v) is 4.75. The molecule has 22 heavy (non-hydrogen) atoms. The number of amides is 1. The number of piperidine rings is 1.